The number of nitrogens with one attached hydrogen (secondary N) is 1. The van der Waals surface area contributed by atoms with Gasteiger partial charge in [0.25, 0.3) is 5.91 Å². The van der Waals surface area contributed by atoms with E-state index in [0.29, 0.717) is 23.5 Å². The molecule has 0 aliphatic heterocycles. The predicted octanol–water partition coefficient (Wildman–Crippen LogP) is 4.69. The maximum atomic E-state index is 12.4. The third-order valence-corrected chi connectivity index (χ3v) is 5.08. The van der Waals surface area contributed by atoms with Gasteiger partial charge in [0, 0.05) is 12.1 Å². The summed E-state index contributed by atoms with van der Waals surface area (Å²) in [5.41, 5.74) is 2.60. The molecule has 0 aliphatic carbocycles. The molecule has 1 N–H and O–H groups in total. The lowest BCUT2D eigenvalue weighted by Gasteiger charge is -2.07. The van der Waals surface area contributed by atoms with E-state index in [9.17, 15) is 13.6 Å². The van der Waals surface area contributed by atoms with Gasteiger partial charge in [-0.2, -0.15) is 8.78 Å². The van der Waals surface area contributed by atoms with Crippen LogP contribution in [0.15, 0.2) is 54.6 Å². The first-order chi connectivity index (χ1) is 13.0. The van der Waals surface area contributed by atoms with Crippen LogP contribution in [0.4, 0.5) is 8.78 Å². The van der Waals surface area contributed by atoms with Gasteiger partial charge in [-0.05, 0) is 31.0 Å². The number of benzene rings is 2. The molecule has 0 unspecified atom stereocenters. The molecule has 1 aromatic heterocycles. The number of nitrogens with zero attached hydrogens (tertiary/aromatic N) is 1. The van der Waals surface area contributed by atoms with E-state index >= 15 is 0 Å². The number of hydrogen-bond acceptors (Lipinski definition) is 4. The highest BCUT2D eigenvalue weighted by Gasteiger charge is 2.15. The van der Waals surface area contributed by atoms with Gasteiger partial charge in [0.15, 0.2) is 0 Å². The minimum absolute atomic E-state index is 0.117. The number of halogens is 2. The highest BCUT2D eigenvalue weighted by molar-refractivity contribution is 7.17. The van der Waals surface area contributed by atoms with E-state index in [2.05, 4.69) is 15.0 Å². The second kappa shape index (κ2) is 8.73. The molecule has 0 aliphatic rings. The molecule has 0 bridgehead atoms. The molecular weight excluding hydrogens is 370 g/mol. The molecule has 2 aromatic carbocycles. The quantitative estimate of drug-likeness (QED) is 0.639. The number of hydrogen-bond donors (Lipinski definition) is 1. The minimum Gasteiger partial charge on any atom is -0.435 e. The van der Waals surface area contributed by atoms with Crippen LogP contribution in [0.1, 0.15) is 20.9 Å². The van der Waals surface area contributed by atoms with Crippen LogP contribution >= 0.6 is 11.3 Å². The number of thiazole rings is 1. The Balaban J connectivity index is 1.56. The van der Waals surface area contributed by atoms with E-state index in [1.807, 2.05) is 37.3 Å². The van der Waals surface area contributed by atoms with Crippen LogP contribution in [0.25, 0.3) is 10.6 Å². The molecule has 0 atom stereocenters. The molecule has 1 heterocycles. The van der Waals surface area contributed by atoms with Crippen molar-refractivity contribution in [1.82, 2.24) is 10.3 Å². The molecule has 7 heteroatoms. The zero-order valence-corrected chi connectivity index (χ0v) is 15.4. The zero-order chi connectivity index (χ0) is 19.2. The van der Waals surface area contributed by atoms with Crippen LogP contribution in [0, 0.1) is 6.92 Å². The molecule has 0 spiro atoms. The van der Waals surface area contributed by atoms with Crippen LogP contribution in [0.3, 0.4) is 0 Å². The Kier molecular flexibility index (Phi) is 6.13. The number of amides is 1. The Morgan fingerprint density at radius 3 is 2.52 bits per heavy atom. The van der Waals surface area contributed by atoms with Crippen molar-refractivity contribution >= 4 is 17.2 Å². The fourth-order valence-corrected chi connectivity index (χ4v) is 3.54. The van der Waals surface area contributed by atoms with E-state index in [-0.39, 0.29) is 11.7 Å². The maximum Gasteiger partial charge on any atom is 0.387 e. The molecule has 0 saturated heterocycles. The predicted molar refractivity (Wildman–Crippen MR) is 101 cm³/mol. The van der Waals surface area contributed by atoms with Gasteiger partial charge in [-0.1, -0.05) is 42.5 Å². The van der Waals surface area contributed by atoms with Gasteiger partial charge in [0.2, 0.25) is 0 Å². The second-order valence-corrected chi connectivity index (χ2v) is 6.83. The number of rotatable bonds is 7. The summed E-state index contributed by atoms with van der Waals surface area (Å²) in [6, 6.07) is 16.1. The Labute approximate surface area is 159 Å². The highest BCUT2D eigenvalue weighted by Crippen LogP contribution is 2.27. The fourth-order valence-electron chi connectivity index (χ4n) is 2.55. The zero-order valence-electron chi connectivity index (χ0n) is 14.6. The molecular formula is C20H18F2N2O2S. The number of alkyl halides is 2. The Morgan fingerprint density at radius 2 is 1.85 bits per heavy atom. The topological polar surface area (TPSA) is 51.2 Å². The van der Waals surface area contributed by atoms with Crippen molar-refractivity contribution in [3.05, 3.63) is 70.7 Å². The third kappa shape index (κ3) is 5.10. The van der Waals surface area contributed by atoms with E-state index in [1.54, 1.807) is 12.1 Å². The summed E-state index contributed by atoms with van der Waals surface area (Å²) in [5, 5.41) is 3.69. The van der Waals surface area contributed by atoms with Crippen LogP contribution in [-0.4, -0.2) is 24.0 Å². The van der Waals surface area contributed by atoms with Crippen molar-refractivity contribution in [3.8, 4) is 16.3 Å². The molecule has 4 nitrogen and oxygen atoms in total. The van der Waals surface area contributed by atoms with Gasteiger partial charge in [-0.15, -0.1) is 11.3 Å². The van der Waals surface area contributed by atoms with Crippen molar-refractivity contribution in [2.24, 2.45) is 0 Å². The van der Waals surface area contributed by atoms with E-state index in [0.717, 1.165) is 16.1 Å². The van der Waals surface area contributed by atoms with Gasteiger partial charge in [0.1, 0.15) is 15.6 Å². The third-order valence-electron chi connectivity index (χ3n) is 3.87. The molecule has 0 radical (unpaired) electrons. The van der Waals surface area contributed by atoms with Crippen LogP contribution in [0.5, 0.6) is 5.75 Å². The summed E-state index contributed by atoms with van der Waals surface area (Å²) in [7, 11) is 0. The van der Waals surface area contributed by atoms with Crippen molar-refractivity contribution < 1.29 is 18.3 Å². The van der Waals surface area contributed by atoms with Crippen LogP contribution < -0.4 is 10.1 Å². The first-order valence-electron chi connectivity index (χ1n) is 8.38. The Bertz CT molecular complexity index is 896. The Hall–Kier alpha value is -2.80. The van der Waals surface area contributed by atoms with Crippen molar-refractivity contribution in [1.29, 1.82) is 0 Å². The number of aryl methyl sites for hydroxylation is 1. The van der Waals surface area contributed by atoms with Crippen molar-refractivity contribution in [2.45, 2.75) is 20.0 Å². The molecule has 3 rings (SSSR count). The number of aromatic nitrogens is 1. The normalized spacial score (nSPS) is 10.8. The average molecular weight is 388 g/mol. The summed E-state index contributed by atoms with van der Waals surface area (Å²) in [6.07, 6.45) is 0.587. The number of ether oxygens (including phenoxy) is 1. The van der Waals surface area contributed by atoms with E-state index in [1.165, 1.54) is 23.5 Å². The van der Waals surface area contributed by atoms with Gasteiger partial charge < -0.3 is 10.1 Å². The second-order valence-electron chi connectivity index (χ2n) is 5.83. The van der Waals surface area contributed by atoms with Gasteiger partial charge >= 0.3 is 6.61 Å². The molecule has 27 heavy (non-hydrogen) atoms. The van der Waals surface area contributed by atoms with Crippen LogP contribution in [-0.2, 0) is 6.42 Å². The fraction of sp³-hybridized carbons (Fsp3) is 0.200. The van der Waals surface area contributed by atoms with Gasteiger partial charge in [0.05, 0.1) is 5.69 Å². The lowest BCUT2D eigenvalue weighted by molar-refractivity contribution is -0.0498. The molecule has 3 aromatic rings. The van der Waals surface area contributed by atoms with Crippen LogP contribution in [0.2, 0.25) is 0 Å². The van der Waals surface area contributed by atoms with Crippen molar-refractivity contribution in [2.75, 3.05) is 6.54 Å². The summed E-state index contributed by atoms with van der Waals surface area (Å²) in [5.74, 6) is -0.0450. The maximum absolute atomic E-state index is 12.4. The largest absolute Gasteiger partial charge is 0.435 e. The first-order valence-corrected chi connectivity index (χ1v) is 9.19. The summed E-state index contributed by atoms with van der Waals surface area (Å²) in [4.78, 5) is 17.5. The lowest BCUT2D eigenvalue weighted by Crippen LogP contribution is -2.25. The lowest BCUT2D eigenvalue weighted by atomic mass is 10.1. The molecule has 0 fully saturated rings. The first kappa shape index (κ1) is 19.0. The van der Waals surface area contributed by atoms with E-state index < -0.39 is 6.61 Å². The van der Waals surface area contributed by atoms with Gasteiger partial charge in [-0.25, -0.2) is 4.98 Å². The molecule has 0 saturated carbocycles. The standard InChI is InChI=1S/C20H18F2N2O2S/c1-13-17(27-19(24-13)15-5-3-2-4-6-15)18(25)23-12-11-14-7-9-16(10-8-14)26-20(21)22/h2-10,20H,11-12H2,1H3,(H,23,25). The summed E-state index contributed by atoms with van der Waals surface area (Å²) < 4.78 is 28.6. The Morgan fingerprint density at radius 1 is 1.15 bits per heavy atom. The molecule has 1 amide bonds. The summed E-state index contributed by atoms with van der Waals surface area (Å²) in [6.45, 7) is -0.579. The smallest absolute Gasteiger partial charge is 0.387 e. The molecule has 140 valence electrons. The SMILES string of the molecule is Cc1nc(-c2ccccc2)sc1C(=O)NCCc1ccc(OC(F)F)cc1. The highest BCUT2D eigenvalue weighted by atomic mass is 32.1. The monoisotopic (exact) mass is 388 g/mol. The van der Waals surface area contributed by atoms with Gasteiger partial charge in [-0.3, -0.25) is 4.79 Å². The van der Waals surface area contributed by atoms with E-state index in [4.69, 9.17) is 0 Å². The number of carbonyl (C=O) groups excluding carboxylic acids is 1. The summed E-state index contributed by atoms with van der Waals surface area (Å²) >= 11 is 1.36. The minimum atomic E-state index is -2.83. The van der Waals surface area contributed by atoms with Crippen molar-refractivity contribution in [3.63, 3.8) is 0 Å². The average Bonchev–Trinajstić information content (AvgIpc) is 3.05. The number of carbonyl (C=O) groups is 1.